The summed E-state index contributed by atoms with van der Waals surface area (Å²) in [6.45, 7) is -0.110. The summed E-state index contributed by atoms with van der Waals surface area (Å²) in [5, 5.41) is 17.3. The number of fused-ring (bicyclic) bond motifs is 1. The number of hydrogen-bond donors (Lipinski definition) is 4. The SMILES string of the molecule is O=c1[nH]c(O)c(C=c2cnn3c(=NC4CC4)nc(NCc4ccc(F)c(C(F)(F)F)c4)nc23)[nH]1. The smallest absolute Gasteiger partial charge is 0.419 e. The molecule has 0 spiro atoms. The minimum absolute atomic E-state index is 0.0618. The topological polar surface area (TPSA) is 136 Å². The van der Waals surface area contributed by atoms with Crippen LogP contribution in [0.4, 0.5) is 23.5 Å². The summed E-state index contributed by atoms with van der Waals surface area (Å²) >= 11 is 0. The molecule has 0 radical (unpaired) electrons. The molecule has 0 amide bonds. The predicted octanol–water partition coefficient (Wildman–Crippen LogP) is 1.23. The molecule has 34 heavy (non-hydrogen) atoms. The van der Waals surface area contributed by atoms with E-state index in [1.54, 1.807) is 0 Å². The van der Waals surface area contributed by atoms with Gasteiger partial charge in [-0.25, -0.2) is 14.2 Å². The van der Waals surface area contributed by atoms with E-state index in [9.17, 15) is 27.5 Å². The van der Waals surface area contributed by atoms with E-state index in [1.165, 1.54) is 22.9 Å². The van der Waals surface area contributed by atoms with Crippen LogP contribution >= 0.6 is 0 Å². The van der Waals surface area contributed by atoms with Crippen molar-refractivity contribution in [1.82, 2.24) is 29.5 Å². The summed E-state index contributed by atoms with van der Waals surface area (Å²) in [5.41, 5.74) is -1.16. The molecule has 1 aliphatic rings. The molecule has 1 saturated carbocycles. The van der Waals surface area contributed by atoms with E-state index in [-0.39, 0.29) is 46.9 Å². The number of aromatic hydroxyl groups is 1. The third kappa shape index (κ3) is 4.33. The summed E-state index contributed by atoms with van der Waals surface area (Å²) in [4.78, 5) is 29.2. The average Bonchev–Trinajstić information content (AvgIpc) is 3.40. The Kier molecular flexibility index (Phi) is 5.06. The van der Waals surface area contributed by atoms with E-state index in [0.717, 1.165) is 25.0 Å². The first-order chi connectivity index (χ1) is 16.2. The average molecular weight is 476 g/mol. The molecule has 1 aliphatic carbocycles. The van der Waals surface area contributed by atoms with Gasteiger partial charge in [0.1, 0.15) is 11.5 Å². The third-order valence-corrected chi connectivity index (χ3v) is 5.05. The van der Waals surface area contributed by atoms with Crippen LogP contribution in [0.5, 0.6) is 5.88 Å². The minimum atomic E-state index is -4.82. The van der Waals surface area contributed by atoms with Gasteiger partial charge in [0.25, 0.3) is 5.62 Å². The van der Waals surface area contributed by atoms with Gasteiger partial charge in [0, 0.05) is 11.8 Å². The fourth-order valence-electron chi connectivity index (χ4n) is 3.24. The highest BCUT2D eigenvalue weighted by Gasteiger charge is 2.34. The van der Waals surface area contributed by atoms with Crippen molar-refractivity contribution in [3.8, 4) is 5.88 Å². The predicted molar refractivity (Wildman–Crippen MR) is 110 cm³/mol. The highest BCUT2D eigenvalue weighted by Crippen LogP contribution is 2.32. The lowest BCUT2D eigenvalue weighted by Crippen LogP contribution is -2.24. The van der Waals surface area contributed by atoms with Crippen LogP contribution in [-0.2, 0) is 12.7 Å². The van der Waals surface area contributed by atoms with Crippen LogP contribution in [-0.4, -0.2) is 40.7 Å². The summed E-state index contributed by atoms with van der Waals surface area (Å²) in [7, 11) is 0. The van der Waals surface area contributed by atoms with E-state index >= 15 is 0 Å². The second-order valence-corrected chi connectivity index (χ2v) is 7.69. The fourth-order valence-corrected chi connectivity index (χ4v) is 3.24. The van der Waals surface area contributed by atoms with Crippen molar-refractivity contribution in [2.45, 2.75) is 31.6 Å². The normalized spacial score (nSPS) is 15.4. The Morgan fingerprint density at radius 2 is 2.06 bits per heavy atom. The molecule has 0 atom stereocenters. The number of benzene rings is 1. The zero-order valence-corrected chi connectivity index (χ0v) is 17.2. The van der Waals surface area contributed by atoms with Crippen molar-refractivity contribution in [1.29, 1.82) is 0 Å². The van der Waals surface area contributed by atoms with Gasteiger partial charge >= 0.3 is 11.9 Å². The minimum Gasteiger partial charge on any atom is -0.493 e. The Morgan fingerprint density at radius 1 is 1.26 bits per heavy atom. The summed E-state index contributed by atoms with van der Waals surface area (Å²) in [6.07, 6.45) is -0.146. The second-order valence-electron chi connectivity index (χ2n) is 7.69. The highest BCUT2D eigenvalue weighted by molar-refractivity contribution is 5.57. The van der Waals surface area contributed by atoms with Crippen molar-refractivity contribution in [2.75, 3.05) is 5.32 Å². The van der Waals surface area contributed by atoms with Crippen LogP contribution in [0, 0.1) is 5.82 Å². The molecule has 4 aromatic rings. The molecule has 10 nitrogen and oxygen atoms in total. The number of halogens is 4. The standard InChI is InChI=1S/C20H16F4N8O2/c21-13-4-1-9(5-12(13)20(22,23)24)7-25-17-29-15-10(6-14-16(33)30-19(34)28-14)8-26-32(15)18(31-17)27-11-2-3-11/h1,4-6,8,11,33H,2-3,7H2,(H,25,27,31)(H2,28,30,34). The highest BCUT2D eigenvalue weighted by atomic mass is 19.4. The van der Waals surface area contributed by atoms with Gasteiger partial charge in [0.2, 0.25) is 11.8 Å². The molecule has 5 rings (SSSR count). The molecular formula is C20H16F4N8O2. The number of imidazole rings is 1. The number of nitrogens with one attached hydrogen (secondary N) is 3. The summed E-state index contributed by atoms with van der Waals surface area (Å²) in [6, 6.07) is 2.79. The molecule has 0 aliphatic heterocycles. The second kappa shape index (κ2) is 7.97. The third-order valence-electron chi connectivity index (χ3n) is 5.05. The van der Waals surface area contributed by atoms with E-state index in [0.29, 0.717) is 5.22 Å². The first kappa shape index (κ1) is 21.6. The first-order valence-corrected chi connectivity index (χ1v) is 10.1. The maximum absolute atomic E-state index is 13.6. The van der Waals surface area contributed by atoms with Crippen molar-refractivity contribution in [3.63, 3.8) is 0 Å². The molecule has 1 fully saturated rings. The van der Waals surface area contributed by atoms with E-state index in [1.807, 2.05) is 0 Å². The van der Waals surface area contributed by atoms with E-state index in [2.05, 4.69) is 35.3 Å². The zero-order valence-electron chi connectivity index (χ0n) is 17.2. The molecule has 0 bridgehead atoms. The lowest BCUT2D eigenvalue weighted by Gasteiger charge is -2.11. The number of nitrogens with zero attached hydrogens (tertiary/aromatic N) is 5. The molecule has 0 unspecified atom stereocenters. The molecule has 3 heterocycles. The Bertz CT molecular complexity index is 1570. The summed E-state index contributed by atoms with van der Waals surface area (Å²) in [5.74, 6) is -1.66. The van der Waals surface area contributed by atoms with Gasteiger partial charge in [-0.1, -0.05) is 6.07 Å². The Hall–Kier alpha value is -4.23. The summed E-state index contributed by atoms with van der Waals surface area (Å²) < 4.78 is 54.0. The number of aromatic nitrogens is 6. The van der Waals surface area contributed by atoms with Crippen LogP contribution in [0.2, 0.25) is 0 Å². The van der Waals surface area contributed by atoms with Crippen molar-refractivity contribution < 1.29 is 22.7 Å². The van der Waals surface area contributed by atoms with Crippen molar-refractivity contribution in [3.05, 3.63) is 68.4 Å². The molecule has 176 valence electrons. The monoisotopic (exact) mass is 476 g/mol. The van der Waals surface area contributed by atoms with Crippen molar-refractivity contribution in [2.24, 2.45) is 4.99 Å². The molecule has 4 N–H and O–H groups in total. The van der Waals surface area contributed by atoms with Gasteiger partial charge in [-0.2, -0.15) is 32.8 Å². The van der Waals surface area contributed by atoms with Gasteiger partial charge in [-0.05, 0) is 36.6 Å². The maximum Gasteiger partial charge on any atom is 0.419 e. The zero-order chi connectivity index (χ0) is 24.0. The molecule has 1 aromatic carbocycles. The van der Waals surface area contributed by atoms with Gasteiger partial charge < -0.3 is 15.4 Å². The first-order valence-electron chi connectivity index (χ1n) is 10.1. The number of rotatable bonds is 5. The molecule has 3 aromatic heterocycles. The quantitative estimate of drug-likeness (QED) is 0.320. The molecule has 0 saturated heterocycles. The fraction of sp³-hybridized carbons (Fsp3) is 0.250. The van der Waals surface area contributed by atoms with Gasteiger partial charge in [0.05, 0.1) is 17.8 Å². The van der Waals surface area contributed by atoms with Gasteiger partial charge in [-0.15, -0.1) is 0 Å². The van der Waals surface area contributed by atoms with Crippen LogP contribution in [0.3, 0.4) is 0 Å². The number of H-pyrrole nitrogens is 2. The van der Waals surface area contributed by atoms with Crippen LogP contribution in [0.1, 0.15) is 29.7 Å². The van der Waals surface area contributed by atoms with E-state index < -0.39 is 23.2 Å². The lowest BCUT2D eigenvalue weighted by molar-refractivity contribution is -0.140. The Balaban J connectivity index is 1.54. The largest absolute Gasteiger partial charge is 0.493 e. The number of hydrogen-bond acceptors (Lipinski definition) is 7. The number of alkyl halides is 3. The maximum atomic E-state index is 13.6. The lowest BCUT2D eigenvalue weighted by atomic mass is 10.1. The molecular weight excluding hydrogens is 460 g/mol. The Morgan fingerprint density at radius 3 is 2.74 bits per heavy atom. The number of anilines is 1. The van der Waals surface area contributed by atoms with E-state index in [4.69, 9.17) is 0 Å². The Labute approximate surface area is 186 Å². The van der Waals surface area contributed by atoms with Gasteiger partial charge in [0.15, 0.2) is 5.65 Å². The van der Waals surface area contributed by atoms with Crippen LogP contribution in [0.25, 0.3) is 11.7 Å². The van der Waals surface area contributed by atoms with Crippen LogP contribution < -0.4 is 21.8 Å². The van der Waals surface area contributed by atoms with Crippen molar-refractivity contribution >= 4 is 17.7 Å². The molecule has 14 heteroatoms. The van der Waals surface area contributed by atoms with Gasteiger partial charge in [-0.3, -0.25) is 4.98 Å². The number of aromatic amines is 2. The van der Waals surface area contributed by atoms with Crippen LogP contribution in [0.15, 0.2) is 34.2 Å².